The molecule has 14 atom stereocenters. The van der Waals surface area contributed by atoms with Crippen LogP contribution in [0.15, 0.2) is 132 Å². The quantitative estimate of drug-likeness (QED) is 0.0183. The van der Waals surface area contributed by atoms with Crippen LogP contribution in [-0.4, -0.2) is 174 Å². The Kier molecular flexibility index (Phi) is 25.1. The fourth-order valence-electron chi connectivity index (χ4n) is 13.7. The van der Waals surface area contributed by atoms with E-state index in [4.69, 9.17) is 39.9 Å². The van der Waals surface area contributed by atoms with Crippen molar-refractivity contribution in [3.05, 3.63) is 155 Å². The average molecular weight is 1360 g/mol. The molecule has 97 heavy (non-hydrogen) atoms. The number of carbonyl (C=O) groups is 10. The molecule has 4 aromatic carbocycles. The summed E-state index contributed by atoms with van der Waals surface area (Å²) in [5, 5.41) is 37.7. The van der Waals surface area contributed by atoms with E-state index in [9.17, 15) is 48.6 Å². The number of likely N-dealkylation sites (N-methyl/N-ethyl adjacent to an activating group) is 1. The molecule has 5 amide bonds. The van der Waals surface area contributed by atoms with E-state index < -0.39 is 161 Å². The number of esters is 4. The SMILES string of the molecule is CC(=O)O[C@H]1C(=O)[C@@]2(C)[C@H]([C@H](OC(=O)c3ccccc3)[C@]3(O)C[C@H](OC(=O)[C@H](OC(=O)N(C)CCNC(=O)[C@H](CCCCN)NC(=O)[C@H](Cc4ccccc4)NC(=O)[C@H](N)C(C)C)[C@@H](NC(=O)c4ccccc4)c4ccccc4)C(C)=C1C3(C)C)[C@]1(OC(C)=O)CO[C@@H]1C[C@@H]2O.Cl. The second-order valence-corrected chi connectivity index (χ2v) is 26.3. The van der Waals surface area contributed by atoms with Gasteiger partial charge < -0.3 is 76.3 Å². The highest BCUT2D eigenvalue weighted by Gasteiger charge is 2.78. The van der Waals surface area contributed by atoms with Crippen LogP contribution in [0.5, 0.6) is 0 Å². The van der Waals surface area contributed by atoms with E-state index in [0.717, 1.165) is 24.3 Å². The first-order valence-corrected chi connectivity index (χ1v) is 32.3. The molecule has 4 aromatic rings. The summed E-state index contributed by atoms with van der Waals surface area (Å²) < 4.78 is 37.3. The van der Waals surface area contributed by atoms with Crippen molar-refractivity contribution in [1.82, 2.24) is 26.2 Å². The summed E-state index contributed by atoms with van der Waals surface area (Å²) >= 11 is 0. The minimum atomic E-state index is -2.56. The number of Topliss-reactive ketones (excluding diaryl/α,β-unsaturated/α-hetero) is 1. The second kappa shape index (κ2) is 32.2. The van der Waals surface area contributed by atoms with Crippen LogP contribution in [-0.2, 0) is 68.4 Å². The minimum Gasteiger partial charge on any atom is -0.455 e. The number of aliphatic hydroxyl groups is 2. The molecule has 1 aliphatic heterocycles. The predicted octanol–water partition coefficient (Wildman–Crippen LogP) is 4.67. The van der Waals surface area contributed by atoms with Crippen molar-refractivity contribution in [1.29, 1.82) is 0 Å². The molecule has 2 saturated carbocycles. The molecule has 0 radical (unpaired) electrons. The van der Waals surface area contributed by atoms with Gasteiger partial charge in [0.2, 0.25) is 23.8 Å². The number of unbranched alkanes of at least 4 members (excludes halogenated alkanes) is 1. The molecular weight excluding hydrogens is 1270 g/mol. The molecule has 1 heterocycles. The Morgan fingerprint density at radius 3 is 1.91 bits per heavy atom. The maximum absolute atomic E-state index is 16.0. The number of halogens is 1. The van der Waals surface area contributed by atoms with E-state index in [2.05, 4.69) is 21.3 Å². The van der Waals surface area contributed by atoms with Gasteiger partial charge in [-0.2, -0.15) is 0 Å². The molecule has 524 valence electrons. The lowest BCUT2D eigenvalue weighted by Gasteiger charge is -2.67. The number of ketones is 1. The molecule has 4 aliphatic rings. The topological polar surface area (TPSA) is 370 Å². The Morgan fingerprint density at radius 1 is 0.753 bits per heavy atom. The van der Waals surface area contributed by atoms with E-state index >= 15 is 9.59 Å². The lowest BCUT2D eigenvalue weighted by molar-refractivity contribution is -0.346. The summed E-state index contributed by atoms with van der Waals surface area (Å²) in [6.45, 7) is 11.0. The molecule has 0 spiro atoms. The van der Waals surface area contributed by atoms with Crippen LogP contribution in [0.1, 0.15) is 125 Å². The summed E-state index contributed by atoms with van der Waals surface area (Å²) in [6, 6.07) is 27.9. The van der Waals surface area contributed by atoms with Gasteiger partial charge in [-0.15, -0.1) is 12.4 Å². The minimum absolute atomic E-state index is 0. The zero-order chi connectivity index (χ0) is 70.0. The Labute approximate surface area is 570 Å². The molecule has 2 bridgehead atoms. The fraction of sp³-hybridized carbons (Fsp3) is 0.493. The van der Waals surface area contributed by atoms with E-state index in [0.29, 0.717) is 19.4 Å². The first-order valence-electron chi connectivity index (χ1n) is 32.3. The van der Waals surface area contributed by atoms with E-state index in [1.807, 2.05) is 6.07 Å². The molecule has 26 heteroatoms. The number of hydrogen-bond acceptors (Lipinski definition) is 20. The Bertz CT molecular complexity index is 3530. The molecule has 25 nitrogen and oxygen atoms in total. The molecule has 10 N–H and O–H groups in total. The monoisotopic (exact) mass is 1360 g/mol. The van der Waals surface area contributed by atoms with Crippen LogP contribution in [0.4, 0.5) is 4.79 Å². The van der Waals surface area contributed by atoms with Gasteiger partial charge in [-0.3, -0.25) is 33.6 Å². The summed E-state index contributed by atoms with van der Waals surface area (Å²) in [4.78, 5) is 145. The number of nitrogens with two attached hydrogens (primary N) is 2. The van der Waals surface area contributed by atoms with Crippen molar-refractivity contribution in [2.24, 2.45) is 34.1 Å². The highest BCUT2D eigenvalue weighted by Crippen LogP contribution is 2.64. The lowest BCUT2D eigenvalue weighted by atomic mass is 9.44. The number of nitrogens with one attached hydrogen (secondary N) is 4. The highest BCUT2D eigenvalue weighted by atomic mass is 35.5. The van der Waals surface area contributed by atoms with Gasteiger partial charge in [0.05, 0.1) is 35.6 Å². The largest absolute Gasteiger partial charge is 0.455 e. The number of fused-ring (bicyclic) bond motifs is 5. The number of amides is 5. The highest BCUT2D eigenvalue weighted by molar-refractivity contribution is 5.97. The molecule has 3 aliphatic carbocycles. The molecule has 3 fully saturated rings. The zero-order valence-corrected chi connectivity index (χ0v) is 56.8. The van der Waals surface area contributed by atoms with Crippen LogP contribution >= 0.6 is 12.4 Å². The number of rotatable bonds is 26. The smallest absolute Gasteiger partial charge is 0.410 e. The zero-order valence-electron chi connectivity index (χ0n) is 56.0. The van der Waals surface area contributed by atoms with Crippen LogP contribution in [0, 0.1) is 22.7 Å². The van der Waals surface area contributed by atoms with Gasteiger partial charge in [0, 0.05) is 64.2 Å². The van der Waals surface area contributed by atoms with Gasteiger partial charge in [-0.05, 0) is 92.1 Å². The van der Waals surface area contributed by atoms with Gasteiger partial charge in [0.25, 0.3) is 5.91 Å². The van der Waals surface area contributed by atoms with Crippen molar-refractivity contribution in [2.75, 3.05) is 33.3 Å². The number of hydrogen-bond donors (Lipinski definition) is 8. The van der Waals surface area contributed by atoms with Gasteiger partial charge in [0.15, 0.2) is 17.5 Å². The molecule has 0 aromatic heterocycles. The molecule has 8 rings (SSSR count). The number of nitrogens with zero attached hydrogens (tertiary/aromatic N) is 1. The fourth-order valence-corrected chi connectivity index (χ4v) is 13.7. The third-order valence-electron chi connectivity index (χ3n) is 19.3. The standard InChI is InChI=1S/C71H89N7O18.ClH/c1-40(2)54(73)64(86)76-49(36-44-24-14-10-15-25-44)63(85)75-48(32-22-23-33-72)62(84)74-34-35-78(9)67(89)94-57(55(45-26-16-11-17-27-45)77-61(83)46-28-18-12-19-29-46)66(88)93-50-38-71(90)60(95-65(87)47-30-20-13-21-31-47)58-69(8,51(81)37-52-70(58,39-91-52)96-43(5)80)59(82)56(92-42(4)79)53(41(50)3)68(71,6)7;/h10-21,24-31,40,48-52,54-58,60,81,90H,22-23,32-39,72-73H2,1-9H3,(H,74,84)(H,75,85)(H,76,86)(H,77,83);1H/t48-,49-,50-,51-,52+,54+,55-,56+,57+,58-,60-,69+,70-,71+;/m0./s1. The maximum Gasteiger partial charge on any atom is 0.410 e. The third kappa shape index (κ3) is 16.4. The lowest BCUT2D eigenvalue weighted by Crippen LogP contribution is -2.82. The van der Waals surface area contributed by atoms with Crippen molar-refractivity contribution in [3.8, 4) is 0 Å². The number of carbonyl (C=O) groups excluding carboxylic acids is 10. The van der Waals surface area contributed by atoms with Crippen molar-refractivity contribution < 1.29 is 86.6 Å². The maximum atomic E-state index is 16.0. The van der Waals surface area contributed by atoms with Gasteiger partial charge in [0.1, 0.15) is 42.0 Å². The summed E-state index contributed by atoms with van der Waals surface area (Å²) in [5.74, 6) is -9.56. The van der Waals surface area contributed by atoms with Crippen LogP contribution in [0.2, 0.25) is 0 Å². The van der Waals surface area contributed by atoms with Gasteiger partial charge in [-0.25, -0.2) is 14.4 Å². The van der Waals surface area contributed by atoms with Crippen molar-refractivity contribution in [2.45, 2.75) is 166 Å². The summed E-state index contributed by atoms with van der Waals surface area (Å²) in [6.07, 6.45) is -11.5. The van der Waals surface area contributed by atoms with Gasteiger partial charge >= 0.3 is 30.0 Å². The first-order chi connectivity index (χ1) is 45.5. The van der Waals surface area contributed by atoms with Crippen molar-refractivity contribution >= 4 is 71.8 Å². The van der Waals surface area contributed by atoms with Gasteiger partial charge in [-0.1, -0.05) is 125 Å². The average Bonchev–Trinajstić information content (AvgIpc) is 0.670. The number of benzene rings is 4. The van der Waals surface area contributed by atoms with Crippen LogP contribution < -0.4 is 32.7 Å². The third-order valence-corrected chi connectivity index (χ3v) is 19.3. The normalized spacial score (nSPS) is 25.2. The number of aliphatic hydroxyl groups excluding tert-OH is 1. The molecular formula is C71H90ClN7O18. The van der Waals surface area contributed by atoms with Crippen LogP contribution in [0.25, 0.3) is 0 Å². The molecule has 0 unspecified atom stereocenters. The van der Waals surface area contributed by atoms with E-state index in [-0.39, 0.29) is 78.5 Å². The Morgan fingerprint density at radius 2 is 1.34 bits per heavy atom. The Hall–Kier alpha value is -8.59. The summed E-state index contributed by atoms with van der Waals surface area (Å²) in [7, 11) is 1.32. The summed E-state index contributed by atoms with van der Waals surface area (Å²) in [5.41, 5.74) is 4.65. The van der Waals surface area contributed by atoms with E-state index in [1.165, 1.54) is 59.0 Å². The number of ether oxygens (including phenoxy) is 6. The molecule has 1 saturated heterocycles. The van der Waals surface area contributed by atoms with Crippen molar-refractivity contribution in [3.63, 3.8) is 0 Å². The van der Waals surface area contributed by atoms with Crippen LogP contribution in [0.3, 0.4) is 0 Å². The predicted molar refractivity (Wildman–Crippen MR) is 355 cm³/mol. The Balaban J connectivity index is 0.0000133. The van der Waals surface area contributed by atoms with E-state index in [1.54, 1.807) is 105 Å². The second-order valence-electron chi connectivity index (χ2n) is 26.3. The first kappa shape index (κ1) is 75.8.